The number of ketones is 1. The predicted molar refractivity (Wildman–Crippen MR) is 71.9 cm³/mol. The van der Waals surface area contributed by atoms with Gasteiger partial charge in [0.25, 0.3) is 10.1 Å². The van der Waals surface area contributed by atoms with E-state index in [0.717, 1.165) is 12.1 Å². The van der Waals surface area contributed by atoms with Crippen molar-refractivity contribution in [1.82, 2.24) is 0 Å². The number of hydrogen-bond donors (Lipinski definition) is 1. The van der Waals surface area contributed by atoms with E-state index in [4.69, 9.17) is 9.29 Å². The lowest BCUT2D eigenvalue weighted by Gasteiger charge is -2.06. The molecule has 0 spiro atoms. The van der Waals surface area contributed by atoms with Crippen molar-refractivity contribution >= 4 is 27.6 Å². The van der Waals surface area contributed by atoms with Crippen molar-refractivity contribution in [3.05, 3.63) is 24.3 Å². The van der Waals surface area contributed by atoms with Crippen LogP contribution in [0.5, 0.6) is 0 Å². The third kappa shape index (κ3) is 5.04. The molecule has 0 aromatic heterocycles. The van der Waals surface area contributed by atoms with Gasteiger partial charge in [-0.25, -0.2) is 4.79 Å². The zero-order valence-electron chi connectivity index (χ0n) is 11.4. The predicted octanol–water partition coefficient (Wildman–Crippen LogP) is 1.54. The summed E-state index contributed by atoms with van der Waals surface area (Å²) in [5, 5.41) is 7.27. The Balaban J connectivity index is 2.92. The molecular weight excluding hydrogens is 300 g/mol. The summed E-state index contributed by atoms with van der Waals surface area (Å²) in [5.41, 5.74) is 0.220. The smallest absolute Gasteiger partial charge is 0.340 e. The van der Waals surface area contributed by atoms with Gasteiger partial charge in [-0.3, -0.25) is 9.35 Å². The molecule has 21 heavy (non-hydrogen) atoms. The molecule has 0 bridgehead atoms. The first kappa shape index (κ1) is 16.9. The molecule has 0 saturated carbocycles. The molecule has 1 atom stereocenters. The minimum atomic E-state index is -4.29. The number of ether oxygens (including phenoxy) is 1. The van der Waals surface area contributed by atoms with Crippen molar-refractivity contribution in [1.29, 1.82) is 0 Å². The van der Waals surface area contributed by atoms with Crippen LogP contribution < -0.4 is 0 Å². The average molecular weight is 314 g/mol. The fourth-order valence-electron chi connectivity index (χ4n) is 1.32. The van der Waals surface area contributed by atoms with Gasteiger partial charge in [0.2, 0.25) is 6.04 Å². The molecule has 1 unspecified atom stereocenters. The molecule has 0 fully saturated rings. The lowest BCUT2D eigenvalue weighted by molar-refractivity contribution is -0.147. The number of carbonyl (C=O) groups is 2. The highest BCUT2D eigenvalue weighted by atomic mass is 32.2. The number of carbonyl (C=O) groups excluding carboxylic acids is 2. The SMILES string of the molecule is CCOC(=O)C(N=Nc1ccc(S(=O)(=O)O)cc1)C(C)=O. The molecule has 9 heteroatoms. The van der Waals surface area contributed by atoms with Gasteiger partial charge in [-0.2, -0.15) is 18.6 Å². The molecule has 114 valence electrons. The molecule has 1 aromatic carbocycles. The maximum Gasteiger partial charge on any atom is 0.340 e. The van der Waals surface area contributed by atoms with E-state index in [1.54, 1.807) is 6.92 Å². The molecule has 0 aliphatic carbocycles. The zero-order valence-corrected chi connectivity index (χ0v) is 12.2. The molecule has 8 nitrogen and oxygen atoms in total. The Kier molecular flexibility index (Phi) is 5.68. The molecule has 0 amide bonds. The van der Waals surface area contributed by atoms with Gasteiger partial charge in [0, 0.05) is 0 Å². The molecule has 1 N–H and O–H groups in total. The molecule has 0 aliphatic rings. The van der Waals surface area contributed by atoms with Crippen molar-refractivity contribution in [2.75, 3.05) is 6.61 Å². The van der Waals surface area contributed by atoms with Crippen molar-refractivity contribution < 1.29 is 27.3 Å². The first-order valence-corrected chi connectivity index (χ1v) is 7.35. The number of benzene rings is 1. The van der Waals surface area contributed by atoms with Crippen molar-refractivity contribution in [3.8, 4) is 0 Å². The van der Waals surface area contributed by atoms with Crippen LogP contribution in [-0.2, 0) is 24.4 Å². The zero-order chi connectivity index (χ0) is 16.0. The normalized spacial score (nSPS) is 13.1. The largest absolute Gasteiger partial charge is 0.464 e. The van der Waals surface area contributed by atoms with Gasteiger partial charge in [0.15, 0.2) is 5.78 Å². The number of nitrogens with zero attached hydrogens (tertiary/aromatic N) is 2. The van der Waals surface area contributed by atoms with E-state index in [0.29, 0.717) is 0 Å². The second-order valence-corrected chi connectivity index (χ2v) is 5.37. The van der Waals surface area contributed by atoms with Crippen LogP contribution in [0.4, 0.5) is 5.69 Å². The third-order valence-electron chi connectivity index (χ3n) is 2.32. The second kappa shape index (κ2) is 7.04. The van der Waals surface area contributed by atoms with Crippen LogP contribution in [0.2, 0.25) is 0 Å². The van der Waals surface area contributed by atoms with Crippen molar-refractivity contribution in [3.63, 3.8) is 0 Å². The fraction of sp³-hybridized carbons (Fsp3) is 0.333. The Morgan fingerprint density at radius 1 is 1.29 bits per heavy atom. The van der Waals surface area contributed by atoms with Crippen LogP contribution >= 0.6 is 0 Å². The maximum atomic E-state index is 11.5. The van der Waals surface area contributed by atoms with Gasteiger partial charge in [-0.1, -0.05) is 0 Å². The van der Waals surface area contributed by atoms with Gasteiger partial charge in [-0.05, 0) is 38.1 Å². The topological polar surface area (TPSA) is 122 Å². The highest BCUT2D eigenvalue weighted by molar-refractivity contribution is 7.85. The lowest BCUT2D eigenvalue weighted by atomic mass is 10.2. The van der Waals surface area contributed by atoms with Crippen LogP contribution in [0.3, 0.4) is 0 Å². The molecule has 1 rings (SSSR count). The van der Waals surface area contributed by atoms with E-state index in [1.165, 1.54) is 19.1 Å². The van der Waals surface area contributed by atoms with Crippen LogP contribution in [0.25, 0.3) is 0 Å². The van der Waals surface area contributed by atoms with Crippen LogP contribution in [-0.4, -0.2) is 37.4 Å². The first-order valence-electron chi connectivity index (χ1n) is 5.91. The third-order valence-corrected chi connectivity index (χ3v) is 3.19. The molecule has 0 radical (unpaired) electrons. The Labute approximate surface area is 121 Å². The highest BCUT2D eigenvalue weighted by Crippen LogP contribution is 2.17. The summed E-state index contributed by atoms with van der Waals surface area (Å²) in [4.78, 5) is 22.5. The number of hydrogen-bond acceptors (Lipinski definition) is 7. The Bertz CT molecular complexity index is 651. The second-order valence-electron chi connectivity index (χ2n) is 3.95. The van der Waals surface area contributed by atoms with Gasteiger partial charge >= 0.3 is 5.97 Å². The van der Waals surface area contributed by atoms with Crippen LogP contribution in [0.1, 0.15) is 13.8 Å². The summed E-state index contributed by atoms with van der Waals surface area (Å²) in [6.07, 6.45) is 0. The summed E-state index contributed by atoms with van der Waals surface area (Å²) in [6, 6.07) is 3.43. The molecule has 1 aromatic rings. The van der Waals surface area contributed by atoms with E-state index in [1.807, 2.05) is 0 Å². The van der Waals surface area contributed by atoms with Gasteiger partial charge in [0.1, 0.15) is 0 Å². The van der Waals surface area contributed by atoms with E-state index >= 15 is 0 Å². The van der Waals surface area contributed by atoms with E-state index in [-0.39, 0.29) is 17.2 Å². The van der Waals surface area contributed by atoms with E-state index in [9.17, 15) is 18.0 Å². The summed E-state index contributed by atoms with van der Waals surface area (Å²) in [7, 11) is -4.29. The number of esters is 1. The van der Waals surface area contributed by atoms with Gasteiger partial charge < -0.3 is 4.74 Å². The maximum absolute atomic E-state index is 11.5. The molecule has 0 saturated heterocycles. The van der Waals surface area contributed by atoms with Gasteiger partial charge in [0.05, 0.1) is 17.2 Å². The van der Waals surface area contributed by atoms with Crippen molar-refractivity contribution in [2.24, 2.45) is 10.2 Å². The number of azo groups is 1. The fourth-order valence-corrected chi connectivity index (χ4v) is 1.80. The lowest BCUT2D eigenvalue weighted by Crippen LogP contribution is -2.28. The average Bonchev–Trinajstić information content (AvgIpc) is 2.38. The Morgan fingerprint density at radius 3 is 2.29 bits per heavy atom. The summed E-state index contributed by atoms with van der Waals surface area (Å²) < 4.78 is 35.2. The minimum Gasteiger partial charge on any atom is -0.464 e. The van der Waals surface area contributed by atoms with Gasteiger partial charge in [-0.15, -0.1) is 0 Å². The minimum absolute atomic E-state index is 0.112. The van der Waals surface area contributed by atoms with E-state index in [2.05, 4.69) is 10.2 Å². The Hall–Kier alpha value is -2.13. The quantitative estimate of drug-likeness (QED) is 0.368. The standard InChI is InChI=1S/C12H14N2O6S/c1-3-20-12(16)11(8(2)15)14-13-9-4-6-10(7-5-9)21(17,18)19/h4-7,11H,3H2,1-2H3,(H,17,18,19). The molecular formula is C12H14N2O6S. The Morgan fingerprint density at radius 2 is 1.86 bits per heavy atom. The van der Waals surface area contributed by atoms with Crippen molar-refractivity contribution in [2.45, 2.75) is 24.8 Å². The summed E-state index contributed by atoms with van der Waals surface area (Å²) >= 11 is 0. The summed E-state index contributed by atoms with van der Waals surface area (Å²) in [5.74, 6) is -1.32. The van der Waals surface area contributed by atoms with E-state index < -0.39 is 27.9 Å². The first-order chi connectivity index (χ1) is 9.75. The number of Topliss-reactive ketones (excluding diaryl/α,β-unsaturated/α-hetero) is 1. The number of rotatable bonds is 6. The van der Waals surface area contributed by atoms with Crippen LogP contribution in [0.15, 0.2) is 39.4 Å². The summed E-state index contributed by atoms with van der Waals surface area (Å²) in [6.45, 7) is 2.89. The highest BCUT2D eigenvalue weighted by Gasteiger charge is 2.24. The molecule has 0 heterocycles. The van der Waals surface area contributed by atoms with Crippen LogP contribution in [0, 0.1) is 0 Å². The molecule has 0 aliphatic heterocycles. The monoisotopic (exact) mass is 314 g/mol.